The highest BCUT2D eigenvalue weighted by Gasteiger charge is 2.01. The molecule has 0 aliphatic rings. The summed E-state index contributed by atoms with van der Waals surface area (Å²) in [5.74, 6) is 0.238. The first-order valence-corrected chi connectivity index (χ1v) is 5.80. The lowest BCUT2D eigenvalue weighted by molar-refractivity contribution is 0.791. The quantitative estimate of drug-likeness (QED) is 0.825. The van der Waals surface area contributed by atoms with Gasteiger partial charge in [-0.25, -0.2) is 4.79 Å². The molecule has 0 aliphatic heterocycles. The molecule has 0 fully saturated rings. The third-order valence-electron chi connectivity index (χ3n) is 2.70. The molecule has 2 rings (SSSR count). The fraction of sp³-hybridized carbons (Fsp3) is 0.231. The van der Waals surface area contributed by atoms with Crippen molar-refractivity contribution in [1.82, 2.24) is 14.9 Å². The van der Waals surface area contributed by atoms with Crippen molar-refractivity contribution < 1.29 is 0 Å². The minimum absolute atomic E-state index is 0.238. The number of benzene rings is 1. The van der Waals surface area contributed by atoms with Gasteiger partial charge in [-0.3, -0.25) is 4.57 Å². The number of anilines is 1. The van der Waals surface area contributed by atoms with Crippen molar-refractivity contribution >= 4 is 5.82 Å². The van der Waals surface area contributed by atoms with Crippen molar-refractivity contribution in [2.24, 2.45) is 0 Å². The highest BCUT2D eigenvalue weighted by atomic mass is 16.1. The minimum Gasteiger partial charge on any atom is -0.383 e. The Balaban J connectivity index is 2.26. The van der Waals surface area contributed by atoms with Crippen molar-refractivity contribution in [3.63, 3.8) is 0 Å². The largest absolute Gasteiger partial charge is 0.383 e. The van der Waals surface area contributed by atoms with Gasteiger partial charge in [0, 0.05) is 6.20 Å². The van der Waals surface area contributed by atoms with Crippen LogP contribution >= 0.6 is 0 Å². The fourth-order valence-electron chi connectivity index (χ4n) is 1.71. The molecular formula is C13H16N4O. The molecular weight excluding hydrogens is 228 g/mol. The van der Waals surface area contributed by atoms with E-state index in [2.05, 4.69) is 10.3 Å². The summed E-state index contributed by atoms with van der Waals surface area (Å²) in [4.78, 5) is 15.4. The van der Waals surface area contributed by atoms with Gasteiger partial charge in [-0.1, -0.05) is 12.1 Å². The fourth-order valence-corrected chi connectivity index (χ4v) is 1.71. The summed E-state index contributed by atoms with van der Waals surface area (Å²) in [5, 5.41) is 3.10. The van der Waals surface area contributed by atoms with Crippen molar-refractivity contribution in [1.29, 1.82) is 0 Å². The van der Waals surface area contributed by atoms with Gasteiger partial charge in [-0.05, 0) is 43.8 Å². The zero-order valence-corrected chi connectivity index (χ0v) is 10.3. The third-order valence-corrected chi connectivity index (χ3v) is 2.70. The predicted octanol–water partition coefficient (Wildman–Crippen LogP) is 0.577. The van der Waals surface area contributed by atoms with Crippen molar-refractivity contribution in [2.75, 3.05) is 19.3 Å². The maximum atomic E-state index is 11.7. The zero-order valence-electron chi connectivity index (χ0n) is 10.3. The van der Waals surface area contributed by atoms with Crippen molar-refractivity contribution in [3.05, 3.63) is 52.6 Å². The van der Waals surface area contributed by atoms with E-state index in [9.17, 15) is 4.79 Å². The third kappa shape index (κ3) is 2.75. The molecule has 1 heterocycles. The van der Waals surface area contributed by atoms with Crippen LogP contribution in [0.4, 0.5) is 5.82 Å². The van der Waals surface area contributed by atoms with Crippen LogP contribution in [0.2, 0.25) is 0 Å². The molecule has 1 aromatic carbocycles. The molecule has 2 aromatic rings. The predicted molar refractivity (Wildman–Crippen MR) is 71.9 cm³/mol. The lowest BCUT2D eigenvalue weighted by Gasteiger charge is -2.06. The molecule has 18 heavy (non-hydrogen) atoms. The van der Waals surface area contributed by atoms with Crippen LogP contribution in [0.1, 0.15) is 5.56 Å². The second-order valence-corrected chi connectivity index (χ2v) is 4.02. The minimum atomic E-state index is -0.363. The average molecular weight is 244 g/mol. The van der Waals surface area contributed by atoms with Gasteiger partial charge in [0.25, 0.3) is 0 Å². The first-order valence-electron chi connectivity index (χ1n) is 5.80. The Bertz CT molecular complexity index is 574. The summed E-state index contributed by atoms with van der Waals surface area (Å²) in [7, 11) is 1.92. The van der Waals surface area contributed by atoms with E-state index in [1.807, 2.05) is 31.3 Å². The smallest absolute Gasteiger partial charge is 0.354 e. The highest BCUT2D eigenvalue weighted by molar-refractivity contribution is 5.36. The number of likely N-dealkylation sites (N-methyl/N-ethyl adjacent to an activating group) is 1. The number of hydrogen-bond donors (Lipinski definition) is 2. The molecule has 94 valence electrons. The Hall–Kier alpha value is -2.14. The number of rotatable bonds is 4. The Labute approximate surface area is 105 Å². The number of nitrogens with two attached hydrogens (primary N) is 1. The van der Waals surface area contributed by atoms with Crippen molar-refractivity contribution in [3.8, 4) is 5.69 Å². The number of nitrogens with zero attached hydrogens (tertiary/aromatic N) is 2. The van der Waals surface area contributed by atoms with E-state index in [0.29, 0.717) is 0 Å². The van der Waals surface area contributed by atoms with E-state index >= 15 is 0 Å². The Morgan fingerprint density at radius 1 is 1.28 bits per heavy atom. The SMILES string of the molecule is CNCCc1ccc(-n2ccc(N)nc2=O)cc1. The van der Waals surface area contributed by atoms with Crippen LogP contribution in [-0.4, -0.2) is 23.1 Å². The van der Waals surface area contributed by atoms with Gasteiger partial charge in [0.15, 0.2) is 0 Å². The lowest BCUT2D eigenvalue weighted by atomic mass is 10.1. The van der Waals surface area contributed by atoms with E-state index in [-0.39, 0.29) is 11.5 Å². The molecule has 5 nitrogen and oxygen atoms in total. The molecule has 0 radical (unpaired) electrons. The Kier molecular flexibility index (Phi) is 3.74. The van der Waals surface area contributed by atoms with Gasteiger partial charge in [0.1, 0.15) is 5.82 Å². The van der Waals surface area contributed by atoms with Crippen LogP contribution in [0.3, 0.4) is 0 Å². The monoisotopic (exact) mass is 244 g/mol. The summed E-state index contributed by atoms with van der Waals surface area (Å²) in [6.07, 6.45) is 2.60. The van der Waals surface area contributed by atoms with Crippen LogP contribution in [0.15, 0.2) is 41.3 Å². The first kappa shape index (κ1) is 12.3. The summed E-state index contributed by atoms with van der Waals surface area (Å²) >= 11 is 0. The first-order chi connectivity index (χ1) is 8.70. The molecule has 0 unspecified atom stereocenters. The molecule has 0 aliphatic carbocycles. The number of nitrogens with one attached hydrogen (secondary N) is 1. The molecule has 5 heteroatoms. The molecule has 0 bridgehead atoms. The second-order valence-electron chi connectivity index (χ2n) is 4.02. The topological polar surface area (TPSA) is 72.9 Å². The Morgan fingerprint density at radius 2 is 2.00 bits per heavy atom. The number of hydrogen-bond acceptors (Lipinski definition) is 4. The van der Waals surface area contributed by atoms with Crippen LogP contribution in [0.5, 0.6) is 0 Å². The van der Waals surface area contributed by atoms with Crippen LogP contribution in [0, 0.1) is 0 Å². The molecule has 1 aromatic heterocycles. The Morgan fingerprint density at radius 3 is 2.61 bits per heavy atom. The lowest BCUT2D eigenvalue weighted by Crippen LogP contribution is -2.21. The molecule has 0 amide bonds. The molecule has 0 saturated carbocycles. The van der Waals surface area contributed by atoms with Gasteiger partial charge < -0.3 is 11.1 Å². The molecule has 0 atom stereocenters. The molecule has 3 N–H and O–H groups in total. The van der Waals surface area contributed by atoms with Gasteiger partial charge in [-0.2, -0.15) is 4.98 Å². The van der Waals surface area contributed by atoms with E-state index in [1.54, 1.807) is 12.3 Å². The average Bonchev–Trinajstić information content (AvgIpc) is 2.37. The van der Waals surface area contributed by atoms with Gasteiger partial charge in [0.05, 0.1) is 5.69 Å². The van der Waals surface area contributed by atoms with Crippen LogP contribution in [-0.2, 0) is 6.42 Å². The van der Waals surface area contributed by atoms with Gasteiger partial charge in [0.2, 0.25) is 0 Å². The van der Waals surface area contributed by atoms with Gasteiger partial charge >= 0.3 is 5.69 Å². The summed E-state index contributed by atoms with van der Waals surface area (Å²) in [6.45, 7) is 0.933. The van der Waals surface area contributed by atoms with Gasteiger partial charge in [-0.15, -0.1) is 0 Å². The van der Waals surface area contributed by atoms with E-state index in [1.165, 1.54) is 10.1 Å². The molecule has 0 spiro atoms. The zero-order chi connectivity index (χ0) is 13.0. The number of aromatic nitrogens is 2. The highest BCUT2D eigenvalue weighted by Crippen LogP contribution is 2.08. The van der Waals surface area contributed by atoms with E-state index < -0.39 is 0 Å². The maximum Gasteiger partial charge on any atom is 0.354 e. The number of nitrogen functional groups attached to an aromatic ring is 1. The van der Waals surface area contributed by atoms with Crippen LogP contribution in [0.25, 0.3) is 5.69 Å². The second kappa shape index (κ2) is 5.46. The normalized spacial score (nSPS) is 10.5. The maximum absolute atomic E-state index is 11.7. The van der Waals surface area contributed by atoms with E-state index in [0.717, 1.165) is 18.7 Å². The standard InChI is InChI=1S/C13H16N4O/c1-15-8-6-10-2-4-11(5-3-10)17-9-7-12(14)16-13(17)18/h2-5,7,9,15H,6,8H2,1H3,(H2,14,16,18). The summed E-state index contributed by atoms with van der Waals surface area (Å²) in [6, 6.07) is 9.44. The van der Waals surface area contributed by atoms with Crippen molar-refractivity contribution in [2.45, 2.75) is 6.42 Å². The summed E-state index contributed by atoms with van der Waals surface area (Å²) in [5.41, 5.74) is 7.11. The molecule has 0 saturated heterocycles. The summed E-state index contributed by atoms with van der Waals surface area (Å²) < 4.78 is 1.47. The van der Waals surface area contributed by atoms with E-state index in [4.69, 9.17) is 5.73 Å². The van der Waals surface area contributed by atoms with Crippen LogP contribution < -0.4 is 16.7 Å².